The molecule has 0 aliphatic carbocycles. The van der Waals surface area contributed by atoms with Crippen molar-refractivity contribution >= 4 is 11.8 Å². The maximum absolute atomic E-state index is 5.98. The van der Waals surface area contributed by atoms with E-state index >= 15 is 0 Å². The third kappa shape index (κ3) is 3.37. The van der Waals surface area contributed by atoms with Crippen LogP contribution in [-0.4, -0.2) is 16.0 Å². The standard InChI is InChI=1S/C14H19N3S/c1-3-12(15)9-11-4-5-13(10(2)8-11)18-14-16-6-7-17-14/h4-8,12H,3,9,15H2,1-2H3,(H,16,17). The number of aromatic amines is 1. The molecule has 1 aromatic carbocycles. The molecule has 1 unspecified atom stereocenters. The molecule has 96 valence electrons. The van der Waals surface area contributed by atoms with Crippen molar-refractivity contribution in [2.24, 2.45) is 5.73 Å². The molecule has 4 heteroatoms. The quantitative estimate of drug-likeness (QED) is 0.869. The van der Waals surface area contributed by atoms with Gasteiger partial charge in [-0.15, -0.1) is 0 Å². The van der Waals surface area contributed by atoms with Crippen LogP contribution in [0.15, 0.2) is 40.6 Å². The van der Waals surface area contributed by atoms with Crippen molar-refractivity contribution in [3.05, 3.63) is 41.7 Å². The highest BCUT2D eigenvalue weighted by molar-refractivity contribution is 7.99. The van der Waals surface area contributed by atoms with Crippen LogP contribution in [0.25, 0.3) is 0 Å². The van der Waals surface area contributed by atoms with E-state index in [4.69, 9.17) is 5.73 Å². The number of hydrogen-bond donors (Lipinski definition) is 2. The highest BCUT2D eigenvalue weighted by Gasteiger charge is 2.06. The third-order valence-electron chi connectivity index (χ3n) is 2.94. The second kappa shape index (κ2) is 6.07. The van der Waals surface area contributed by atoms with Crippen LogP contribution >= 0.6 is 11.8 Å². The lowest BCUT2D eigenvalue weighted by Crippen LogP contribution is -2.21. The highest BCUT2D eigenvalue weighted by atomic mass is 32.2. The summed E-state index contributed by atoms with van der Waals surface area (Å²) >= 11 is 1.66. The zero-order valence-corrected chi connectivity index (χ0v) is 11.6. The summed E-state index contributed by atoms with van der Waals surface area (Å²) < 4.78 is 0. The minimum Gasteiger partial charge on any atom is -0.339 e. The number of benzene rings is 1. The molecule has 3 nitrogen and oxygen atoms in total. The van der Waals surface area contributed by atoms with Crippen molar-refractivity contribution in [1.29, 1.82) is 0 Å². The van der Waals surface area contributed by atoms with E-state index in [1.54, 1.807) is 18.0 Å². The number of nitrogens with one attached hydrogen (secondary N) is 1. The van der Waals surface area contributed by atoms with Gasteiger partial charge in [-0.25, -0.2) is 4.98 Å². The first-order valence-electron chi connectivity index (χ1n) is 6.21. The number of nitrogens with zero attached hydrogens (tertiary/aromatic N) is 1. The number of nitrogens with two attached hydrogens (primary N) is 1. The summed E-state index contributed by atoms with van der Waals surface area (Å²) in [7, 11) is 0. The lowest BCUT2D eigenvalue weighted by Gasteiger charge is -2.11. The molecular formula is C14H19N3S. The Balaban J connectivity index is 2.10. The van der Waals surface area contributed by atoms with Gasteiger partial charge in [-0.2, -0.15) is 0 Å². The van der Waals surface area contributed by atoms with Gasteiger partial charge in [0.25, 0.3) is 0 Å². The first-order valence-corrected chi connectivity index (χ1v) is 7.03. The summed E-state index contributed by atoms with van der Waals surface area (Å²) in [6, 6.07) is 6.79. The molecule has 0 aliphatic heterocycles. The van der Waals surface area contributed by atoms with Gasteiger partial charge in [0.2, 0.25) is 0 Å². The fraction of sp³-hybridized carbons (Fsp3) is 0.357. The van der Waals surface area contributed by atoms with E-state index in [-0.39, 0.29) is 6.04 Å². The van der Waals surface area contributed by atoms with Crippen molar-refractivity contribution in [2.75, 3.05) is 0 Å². The predicted molar refractivity (Wildman–Crippen MR) is 75.9 cm³/mol. The largest absolute Gasteiger partial charge is 0.339 e. The summed E-state index contributed by atoms with van der Waals surface area (Å²) in [6.45, 7) is 4.25. The molecule has 1 heterocycles. The van der Waals surface area contributed by atoms with E-state index in [2.05, 4.69) is 42.0 Å². The second-order valence-electron chi connectivity index (χ2n) is 4.47. The molecule has 0 radical (unpaired) electrons. The Morgan fingerprint density at radius 2 is 2.28 bits per heavy atom. The molecule has 0 aliphatic rings. The van der Waals surface area contributed by atoms with Gasteiger partial charge in [-0.1, -0.05) is 30.8 Å². The molecule has 0 bridgehead atoms. The Hall–Kier alpha value is -1.26. The Labute approximate surface area is 112 Å². The van der Waals surface area contributed by atoms with E-state index in [1.807, 2.05) is 6.20 Å². The van der Waals surface area contributed by atoms with Crippen LogP contribution in [0.1, 0.15) is 24.5 Å². The lowest BCUT2D eigenvalue weighted by atomic mass is 10.0. The van der Waals surface area contributed by atoms with E-state index in [1.165, 1.54) is 16.0 Å². The number of rotatable bonds is 5. The molecule has 3 N–H and O–H groups in total. The lowest BCUT2D eigenvalue weighted by molar-refractivity contribution is 0.646. The molecule has 18 heavy (non-hydrogen) atoms. The van der Waals surface area contributed by atoms with Gasteiger partial charge in [0.1, 0.15) is 0 Å². The van der Waals surface area contributed by atoms with Gasteiger partial charge in [-0.3, -0.25) is 0 Å². The fourth-order valence-electron chi connectivity index (χ4n) is 1.81. The number of aromatic nitrogens is 2. The monoisotopic (exact) mass is 261 g/mol. The van der Waals surface area contributed by atoms with Crippen LogP contribution in [0.4, 0.5) is 0 Å². The molecule has 0 amide bonds. The molecule has 2 aromatic rings. The van der Waals surface area contributed by atoms with Crippen LogP contribution in [-0.2, 0) is 6.42 Å². The minimum atomic E-state index is 0.257. The van der Waals surface area contributed by atoms with Crippen LogP contribution in [0.3, 0.4) is 0 Å². The zero-order valence-electron chi connectivity index (χ0n) is 10.8. The van der Waals surface area contributed by atoms with Gasteiger partial charge in [-0.05, 0) is 37.0 Å². The smallest absolute Gasteiger partial charge is 0.170 e. The van der Waals surface area contributed by atoms with Crippen LogP contribution in [0.5, 0.6) is 0 Å². The van der Waals surface area contributed by atoms with Crippen LogP contribution < -0.4 is 5.73 Å². The maximum atomic E-state index is 5.98. The molecule has 0 fully saturated rings. The SMILES string of the molecule is CCC(N)Cc1ccc(Sc2ncc[nH]2)c(C)c1. The van der Waals surface area contributed by atoms with Gasteiger partial charge in [0.05, 0.1) is 0 Å². The van der Waals surface area contributed by atoms with Crippen LogP contribution in [0.2, 0.25) is 0 Å². The number of aryl methyl sites for hydroxylation is 1. The van der Waals surface area contributed by atoms with E-state index in [0.29, 0.717) is 0 Å². The van der Waals surface area contributed by atoms with E-state index in [0.717, 1.165) is 18.0 Å². The molecule has 1 atom stereocenters. The third-order valence-corrected chi connectivity index (χ3v) is 4.04. The Kier molecular flexibility index (Phi) is 4.44. The predicted octanol–water partition coefficient (Wildman–Crippen LogP) is 3.15. The Morgan fingerprint density at radius 1 is 1.44 bits per heavy atom. The molecule has 0 saturated heterocycles. The number of H-pyrrole nitrogens is 1. The van der Waals surface area contributed by atoms with Crippen molar-refractivity contribution in [3.63, 3.8) is 0 Å². The molecule has 0 saturated carbocycles. The van der Waals surface area contributed by atoms with Crippen molar-refractivity contribution in [3.8, 4) is 0 Å². The number of hydrogen-bond acceptors (Lipinski definition) is 3. The number of imidazole rings is 1. The summed E-state index contributed by atoms with van der Waals surface area (Å²) in [5, 5.41) is 0.927. The average Bonchev–Trinajstić information content (AvgIpc) is 2.85. The molecule has 0 spiro atoms. The summed E-state index contributed by atoms with van der Waals surface area (Å²) in [4.78, 5) is 8.56. The summed E-state index contributed by atoms with van der Waals surface area (Å²) in [6.07, 6.45) is 5.57. The molecule has 2 rings (SSSR count). The van der Waals surface area contributed by atoms with Crippen LogP contribution in [0, 0.1) is 6.92 Å². The molecule has 1 aromatic heterocycles. The normalized spacial score (nSPS) is 12.6. The van der Waals surface area contributed by atoms with Gasteiger partial charge >= 0.3 is 0 Å². The summed E-state index contributed by atoms with van der Waals surface area (Å²) in [5.41, 5.74) is 8.57. The van der Waals surface area contributed by atoms with Gasteiger partial charge < -0.3 is 10.7 Å². The maximum Gasteiger partial charge on any atom is 0.170 e. The highest BCUT2D eigenvalue weighted by Crippen LogP contribution is 2.28. The average molecular weight is 261 g/mol. The molecular weight excluding hydrogens is 242 g/mol. The first kappa shape index (κ1) is 13.2. The first-order chi connectivity index (χ1) is 8.69. The minimum absolute atomic E-state index is 0.257. The van der Waals surface area contributed by atoms with Gasteiger partial charge in [0.15, 0.2) is 5.16 Å². The van der Waals surface area contributed by atoms with Crippen molar-refractivity contribution in [1.82, 2.24) is 9.97 Å². The zero-order chi connectivity index (χ0) is 13.0. The van der Waals surface area contributed by atoms with Gasteiger partial charge in [0, 0.05) is 23.3 Å². The second-order valence-corrected chi connectivity index (χ2v) is 5.50. The Morgan fingerprint density at radius 3 is 2.89 bits per heavy atom. The topological polar surface area (TPSA) is 54.7 Å². The fourth-order valence-corrected chi connectivity index (χ4v) is 2.62. The van der Waals surface area contributed by atoms with Crippen molar-refractivity contribution in [2.45, 2.75) is 42.8 Å². The van der Waals surface area contributed by atoms with E-state index in [9.17, 15) is 0 Å². The Bertz CT molecular complexity index is 494. The van der Waals surface area contributed by atoms with Crippen molar-refractivity contribution < 1.29 is 0 Å². The summed E-state index contributed by atoms with van der Waals surface area (Å²) in [5.74, 6) is 0. The van der Waals surface area contributed by atoms with E-state index < -0.39 is 0 Å².